The lowest BCUT2D eigenvalue weighted by molar-refractivity contribution is -0.118. The number of Topliss-reactive ketones (excluding diaryl/α,β-unsaturated/α-hetero) is 2. The first-order chi connectivity index (χ1) is 9.17. The predicted octanol–water partition coefficient (Wildman–Crippen LogP) is 4.36. The Morgan fingerprint density at radius 3 is 2.21 bits per heavy atom. The number of unbranched alkanes of at least 4 members (excludes halogenated alkanes) is 3. The van der Waals surface area contributed by atoms with Gasteiger partial charge in [-0.25, -0.2) is 0 Å². The lowest BCUT2D eigenvalue weighted by atomic mass is 10.0. The van der Waals surface area contributed by atoms with Crippen LogP contribution in [-0.4, -0.2) is 11.6 Å². The van der Waals surface area contributed by atoms with Crippen molar-refractivity contribution in [3.05, 3.63) is 35.4 Å². The molecule has 0 aliphatic rings. The summed E-state index contributed by atoms with van der Waals surface area (Å²) in [7, 11) is 0. The van der Waals surface area contributed by atoms with Crippen LogP contribution in [0.15, 0.2) is 24.3 Å². The number of hydrogen-bond donors (Lipinski definition) is 0. The number of aryl methyl sites for hydroxylation is 1. The fourth-order valence-electron chi connectivity index (χ4n) is 2.04. The Bertz CT molecular complexity index is 404. The number of rotatable bonds is 9. The minimum absolute atomic E-state index is 0.0526. The van der Waals surface area contributed by atoms with Crippen molar-refractivity contribution in [3.8, 4) is 0 Å². The van der Waals surface area contributed by atoms with Crippen molar-refractivity contribution in [3.63, 3.8) is 0 Å². The van der Waals surface area contributed by atoms with Gasteiger partial charge in [-0.05, 0) is 18.4 Å². The highest BCUT2D eigenvalue weighted by molar-refractivity contribution is 6.07. The summed E-state index contributed by atoms with van der Waals surface area (Å²) in [5, 5.41) is 0. The molecule has 0 heterocycles. The second kappa shape index (κ2) is 8.63. The molecule has 2 nitrogen and oxygen atoms in total. The highest BCUT2D eigenvalue weighted by Gasteiger charge is 2.11. The van der Waals surface area contributed by atoms with Gasteiger partial charge in [0.2, 0.25) is 0 Å². The summed E-state index contributed by atoms with van der Waals surface area (Å²) in [6.07, 6.45) is 5.88. The maximum Gasteiger partial charge on any atom is 0.170 e. The molecule has 0 saturated heterocycles. The minimum atomic E-state index is -0.0526. The van der Waals surface area contributed by atoms with E-state index >= 15 is 0 Å². The largest absolute Gasteiger partial charge is 0.299 e. The normalized spacial score (nSPS) is 10.4. The zero-order valence-corrected chi connectivity index (χ0v) is 12.1. The first kappa shape index (κ1) is 15.6. The summed E-state index contributed by atoms with van der Waals surface area (Å²) < 4.78 is 0. The monoisotopic (exact) mass is 260 g/mol. The number of carbonyl (C=O) groups is 2. The van der Waals surface area contributed by atoms with Gasteiger partial charge in [-0.2, -0.15) is 0 Å². The smallest absolute Gasteiger partial charge is 0.170 e. The molecule has 0 atom stereocenters. The van der Waals surface area contributed by atoms with Gasteiger partial charge in [-0.15, -0.1) is 0 Å². The van der Waals surface area contributed by atoms with E-state index in [-0.39, 0.29) is 18.0 Å². The Kier molecular flexibility index (Phi) is 7.09. The summed E-state index contributed by atoms with van der Waals surface area (Å²) >= 11 is 0. The van der Waals surface area contributed by atoms with Crippen LogP contribution >= 0.6 is 0 Å². The molecular formula is C17H24O2. The third-order valence-electron chi connectivity index (χ3n) is 3.35. The second-order valence-corrected chi connectivity index (χ2v) is 5.00. The van der Waals surface area contributed by atoms with Crippen molar-refractivity contribution in [2.45, 2.75) is 58.8 Å². The van der Waals surface area contributed by atoms with Gasteiger partial charge in [0.15, 0.2) is 5.78 Å². The highest BCUT2D eigenvalue weighted by atomic mass is 16.1. The fourth-order valence-corrected chi connectivity index (χ4v) is 2.04. The molecule has 1 aromatic rings. The van der Waals surface area contributed by atoms with Crippen molar-refractivity contribution < 1.29 is 9.59 Å². The Morgan fingerprint density at radius 1 is 0.947 bits per heavy atom. The van der Waals surface area contributed by atoms with Crippen LogP contribution in [0, 0.1) is 0 Å². The third-order valence-corrected chi connectivity index (χ3v) is 3.35. The maximum absolute atomic E-state index is 11.9. The Balaban J connectivity index is 2.38. The third kappa shape index (κ3) is 5.82. The van der Waals surface area contributed by atoms with Gasteiger partial charge >= 0.3 is 0 Å². The molecular weight excluding hydrogens is 236 g/mol. The summed E-state index contributed by atoms with van der Waals surface area (Å²) in [6, 6.07) is 7.56. The summed E-state index contributed by atoms with van der Waals surface area (Å²) in [5.74, 6) is 0.0174. The quantitative estimate of drug-likeness (QED) is 0.375. The number of carbonyl (C=O) groups excluding carboxylic acids is 2. The molecule has 0 radical (unpaired) electrons. The molecule has 0 aliphatic carbocycles. The predicted molar refractivity (Wildman–Crippen MR) is 78.5 cm³/mol. The molecule has 0 unspecified atom stereocenters. The average Bonchev–Trinajstić information content (AvgIpc) is 2.43. The van der Waals surface area contributed by atoms with Crippen LogP contribution < -0.4 is 0 Å². The zero-order chi connectivity index (χ0) is 14.1. The van der Waals surface area contributed by atoms with Gasteiger partial charge in [-0.1, -0.05) is 57.4 Å². The van der Waals surface area contributed by atoms with E-state index < -0.39 is 0 Å². The number of ketones is 2. The van der Waals surface area contributed by atoms with E-state index in [1.54, 1.807) is 0 Å². The van der Waals surface area contributed by atoms with E-state index in [2.05, 4.69) is 13.8 Å². The topological polar surface area (TPSA) is 34.1 Å². The van der Waals surface area contributed by atoms with Crippen molar-refractivity contribution in [2.75, 3.05) is 0 Å². The van der Waals surface area contributed by atoms with Crippen molar-refractivity contribution in [2.24, 2.45) is 0 Å². The van der Waals surface area contributed by atoms with E-state index in [0.29, 0.717) is 12.0 Å². The average molecular weight is 260 g/mol. The van der Waals surface area contributed by atoms with E-state index in [1.807, 2.05) is 24.3 Å². The van der Waals surface area contributed by atoms with Crippen molar-refractivity contribution >= 4 is 11.6 Å². The Labute approximate surface area is 116 Å². The van der Waals surface area contributed by atoms with Crippen LogP contribution in [-0.2, 0) is 11.2 Å². The lowest BCUT2D eigenvalue weighted by Crippen LogP contribution is -2.08. The van der Waals surface area contributed by atoms with Crippen LogP contribution in [0.3, 0.4) is 0 Å². The molecule has 0 saturated carbocycles. The molecule has 1 rings (SSSR count). The maximum atomic E-state index is 11.9. The SMILES string of the molecule is CCCCCCC(=O)CC(=O)c1ccc(CC)cc1. The number of hydrogen-bond acceptors (Lipinski definition) is 2. The van der Waals surface area contributed by atoms with Gasteiger partial charge < -0.3 is 0 Å². The number of benzene rings is 1. The van der Waals surface area contributed by atoms with E-state index in [9.17, 15) is 9.59 Å². The molecule has 0 bridgehead atoms. The molecule has 0 aliphatic heterocycles. The van der Waals surface area contributed by atoms with Crippen LogP contribution in [0.4, 0.5) is 0 Å². The van der Waals surface area contributed by atoms with Gasteiger partial charge in [0.1, 0.15) is 5.78 Å². The molecule has 0 N–H and O–H groups in total. The Hall–Kier alpha value is -1.44. The molecule has 104 valence electrons. The first-order valence-electron chi connectivity index (χ1n) is 7.31. The molecule has 0 aromatic heterocycles. The van der Waals surface area contributed by atoms with Crippen LogP contribution in [0.5, 0.6) is 0 Å². The van der Waals surface area contributed by atoms with E-state index in [0.717, 1.165) is 25.7 Å². The highest BCUT2D eigenvalue weighted by Crippen LogP contribution is 2.10. The summed E-state index contributed by atoms with van der Waals surface area (Å²) in [5.41, 5.74) is 1.86. The van der Waals surface area contributed by atoms with Crippen LogP contribution in [0.2, 0.25) is 0 Å². The van der Waals surface area contributed by atoms with Crippen LogP contribution in [0.25, 0.3) is 0 Å². The van der Waals surface area contributed by atoms with Gasteiger partial charge in [0, 0.05) is 12.0 Å². The molecule has 1 aromatic carbocycles. The first-order valence-corrected chi connectivity index (χ1v) is 7.31. The standard InChI is InChI=1S/C17H24O2/c1-3-5-6-7-8-16(18)13-17(19)15-11-9-14(4-2)10-12-15/h9-12H,3-8,13H2,1-2H3. The van der Waals surface area contributed by atoms with Crippen molar-refractivity contribution in [1.82, 2.24) is 0 Å². The summed E-state index contributed by atoms with van der Waals surface area (Å²) in [6.45, 7) is 4.22. The molecule has 0 fully saturated rings. The second-order valence-electron chi connectivity index (χ2n) is 5.00. The van der Waals surface area contributed by atoms with Gasteiger partial charge in [-0.3, -0.25) is 9.59 Å². The minimum Gasteiger partial charge on any atom is -0.299 e. The Morgan fingerprint density at radius 2 is 1.63 bits per heavy atom. The van der Waals surface area contributed by atoms with Gasteiger partial charge in [0.05, 0.1) is 6.42 Å². The molecule has 0 spiro atoms. The van der Waals surface area contributed by atoms with Gasteiger partial charge in [0.25, 0.3) is 0 Å². The fraction of sp³-hybridized carbons (Fsp3) is 0.529. The lowest BCUT2D eigenvalue weighted by Gasteiger charge is -2.02. The molecule has 19 heavy (non-hydrogen) atoms. The van der Waals surface area contributed by atoms with Crippen LogP contribution in [0.1, 0.15) is 68.3 Å². The molecule has 2 heteroatoms. The van der Waals surface area contributed by atoms with Crippen molar-refractivity contribution in [1.29, 1.82) is 0 Å². The van der Waals surface area contributed by atoms with E-state index in [1.165, 1.54) is 12.0 Å². The molecule has 0 amide bonds. The summed E-state index contributed by atoms with van der Waals surface area (Å²) in [4.78, 5) is 23.6. The zero-order valence-electron chi connectivity index (χ0n) is 12.1. The van der Waals surface area contributed by atoms with E-state index in [4.69, 9.17) is 0 Å².